The quantitative estimate of drug-likeness (QED) is 0.120. The highest BCUT2D eigenvalue weighted by molar-refractivity contribution is 7.87. The maximum absolute atomic E-state index is 11.9. The SMILES string of the molecule is CCCCCCCCCCCCCCCCCCNC(=O)CC(C(=O)OCC)S(=O)(=O)O. The zero-order valence-electron chi connectivity index (χ0n) is 20.4. The lowest BCUT2D eigenvalue weighted by Gasteiger charge is -2.12. The van der Waals surface area contributed by atoms with E-state index in [1.54, 1.807) is 0 Å². The van der Waals surface area contributed by atoms with Gasteiger partial charge in [0.2, 0.25) is 5.91 Å². The molecule has 0 saturated carbocycles. The van der Waals surface area contributed by atoms with E-state index in [0.29, 0.717) is 6.54 Å². The van der Waals surface area contributed by atoms with E-state index >= 15 is 0 Å². The first-order valence-electron chi connectivity index (χ1n) is 12.7. The van der Waals surface area contributed by atoms with Crippen molar-refractivity contribution in [3.05, 3.63) is 0 Å². The Balaban J connectivity index is 3.56. The number of hydrogen-bond donors (Lipinski definition) is 2. The Hall–Kier alpha value is -1.15. The molecule has 32 heavy (non-hydrogen) atoms. The summed E-state index contributed by atoms with van der Waals surface area (Å²) in [5.74, 6) is -1.69. The molecule has 0 radical (unpaired) electrons. The average Bonchev–Trinajstić information content (AvgIpc) is 2.73. The van der Waals surface area contributed by atoms with E-state index in [2.05, 4.69) is 17.0 Å². The van der Waals surface area contributed by atoms with Crippen LogP contribution in [0.1, 0.15) is 123 Å². The highest BCUT2D eigenvalue weighted by Crippen LogP contribution is 2.13. The Kier molecular flexibility index (Phi) is 19.7. The summed E-state index contributed by atoms with van der Waals surface area (Å²) in [6, 6.07) is 0. The standard InChI is InChI=1S/C24H47NO6S/c1-3-5-6-7-8-9-10-11-12-13-14-15-16-17-18-19-20-25-23(26)21-22(32(28,29)30)24(27)31-4-2/h22H,3-21H2,1-2H3,(H,25,26)(H,28,29,30). The first-order valence-corrected chi connectivity index (χ1v) is 14.2. The Bertz CT molecular complexity index is 579. The molecule has 0 heterocycles. The highest BCUT2D eigenvalue weighted by atomic mass is 32.2. The third-order valence-electron chi connectivity index (χ3n) is 5.63. The van der Waals surface area contributed by atoms with Gasteiger partial charge in [0.1, 0.15) is 0 Å². The average molecular weight is 478 g/mol. The molecule has 2 N–H and O–H groups in total. The Morgan fingerprint density at radius 2 is 1.16 bits per heavy atom. The molecule has 0 aromatic rings. The van der Waals surface area contributed by atoms with Crippen LogP contribution in [-0.4, -0.2) is 43.2 Å². The predicted octanol–water partition coefficient (Wildman–Crippen LogP) is 5.57. The van der Waals surface area contributed by atoms with Crippen molar-refractivity contribution in [1.29, 1.82) is 0 Å². The minimum atomic E-state index is -4.68. The van der Waals surface area contributed by atoms with Gasteiger partial charge in [-0.2, -0.15) is 8.42 Å². The molecule has 0 aromatic heterocycles. The Labute approximate surface area is 196 Å². The number of nitrogens with one attached hydrogen (secondary N) is 1. The maximum atomic E-state index is 11.9. The fourth-order valence-electron chi connectivity index (χ4n) is 3.69. The molecule has 0 rings (SSSR count). The molecular formula is C24H47NO6S. The third-order valence-corrected chi connectivity index (χ3v) is 6.71. The van der Waals surface area contributed by atoms with Crippen molar-refractivity contribution in [2.24, 2.45) is 0 Å². The van der Waals surface area contributed by atoms with E-state index in [1.807, 2.05) is 0 Å². The summed E-state index contributed by atoms with van der Waals surface area (Å²) >= 11 is 0. The second kappa shape index (κ2) is 20.5. The maximum Gasteiger partial charge on any atom is 0.327 e. The lowest BCUT2D eigenvalue weighted by atomic mass is 10.0. The van der Waals surface area contributed by atoms with E-state index in [4.69, 9.17) is 4.55 Å². The number of esters is 1. The van der Waals surface area contributed by atoms with Crippen molar-refractivity contribution >= 4 is 22.0 Å². The van der Waals surface area contributed by atoms with E-state index < -0.39 is 33.7 Å². The smallest absolute Gasteiger partial charge is 0.327 e. The summed E-state index contributed by atoms with van der Waals surface area (Å²) < 4.78 is 36.3. The number of amides is 1. The molecule has 0 saturated heterocycles. The zero-order chi connectivity index (χ0) is 24.1. The number of ether oxygens (including phenoxy) is 1. The van der Waals surface area contributed by atoms with Crippen molar-refractivity contribution < 1.29 is 27.3 Å². The van der Waals surface area contributed by atoms with Crippen LogP contribution in [0.5, 0.6) is 0 Å². The number of carbonyl (C=O) groups excluding carboxylic acids is 2. The normalized spacial score (nSPS) is 12.5. The van der Waals surface area contributed by atoms with Crippen LogP contribution in [0.3, 0.4) is 0 Å². The van der Waals surface area contributed by atoms with E-state index in [-0.39, 0.29) is 6.61 Å². The predicted molar refractivity (Wildman–Crippen MR) is 129 cm³/mol. The molecule has 1 atom stereocenters. The molecule has 8 heteroatoms. The van der Waals surface area contributed by atoms with Gasteiger partial charge in [0, 0.05) is 6.54 Å². The molecular weight excluding hydrogens is 430 g/mol. The van der Waals surface area contributed by atoms with Gasteiger partial charge in [-0.05, 0) is 13.3 Å². The van der Waals surface area contributed by atoms with Crippen LogP contribution in [0, 0.1) is 0 Å². The first kappa shape index (κ1) is 30.9. The van der Waals surface area contributed by atoms with E-state index in [9.17, 15) is 18.0 Å². The molecule has 1 unspecified atom stereocenters. The highest BCUT2D eigenvalue weighted by Gasteiger charge is 2.34. The lowest BCUT2D eigenvalue weighted by Crippen LogP contribution is -2.37. The molecule has 0 spiro atoms. The summed E-state index contributed by atoms with van der Waals surface area (Å²) in [7, 11) is -4.68. The van der Waals surface area contributed by atoms with Crippen molar-refractivity contribution in [1.82, 2.24) is 5.32 Å². The molecule has 0 aromatic carbocycles. The summed E-state index contributed by atoms with van der Waals surface area (Å²) in [6.45, 7) is 4.18. The first-order chi connectivity index (χ1) is 15.3. The molecule has 190 valence electrons. The van der Waals surface area contributed by atoms with Crippen LogP contribution in [0.25, 0.3) is 0 Å². The van der Waals surface area contributed by atoms with Gasteiger partial charge in [-0.25, -0.2) is 0 Å². The topological polar surface area (TPSA) is 110 Å². The monoisotopic (exact) mass is 477 g/mol. The Morgan fingerprint density at radius 3 is 1.53 bits per heavy atom. The molecule has 0 fully saturated rings. The van der Waals surface area contributed by atoms with Crippen LogP contribution >= 0.6 is 0 Å². The van der Waals surface area contributed by atoms with Gasteiger partial charge < -0.3 is 10.1 Å². The number of unbranched alkanes of at least 4 members (excludes halogenated alkanes) is 15. The summed E-state index contributed by atoms with van der Waals surface area (Å²) in [5, 5.41) is 0.742. The minimum absolute atomic E-state index is 0.0222. The van der Waals surface area contributed by atoms with Gasteiger partial charge in [-0.1, -0.05) is 103 Å². The van der Waals surface area contributed by atoms with Crippen molar-refractivity contribution in [2.45, 2.75) is 128 Å². The van der Waals surface area contributed by atoms with Gasteiger partial charge in [-0.3, -0.25) is 14.1 Å². The summed E-state index contributed by atoms with van der Waals surface area (Å²) in [5.41, 5.74) is 0. The van der Waals surface area contributed by atoms with Crippen LogP contribution in [0.4, 0.5) is 0 Å². The van der Waals surface area contributed by atoms with Crippen LogP contribution in [0.2, 0.25) is 0 Å². The Morgan fingerprint density at radius 1 is 0.750 bits per heavy atom. The fraction of sp³-hybridized carbons (Fsp3) is 0.917. The number of hydrogen-bond acceptors (Lipinski definition) is 5. The number of carbonyl (C=O) groups is 2. The fourth-order valence-corrected chi connectivity index (χ4v) is 4.36. The molecule has 7 nitrogen and oxygen atoms in total. The van der Waals surface area contributed by atoms with Gasteiger partial charge in [0.05, 0.1) is 13.0 Å². The minimum Gasteiger partial charge on any atom is -0.465 e. The molecule has 0 aliphatic heterocycles. The second-order valence-corrected chi connectivity index (χ2v) is 10.2. The second-order valence-electron chi connectivity index (χ2n) is 8.61. The summed E-state index contributed by atoms with van der Waals surface area (Å²) in [4.78, 5) is 23.5. The van der Waals surface area contributed by atoms with Crippen molar-refractivity contribution in [3.63, 3.8) is 0 Å². The van der Waals surface area contributed by atoms with Gasteiger partial charge in [-0.15, -0.1) is 0 Å². The zero-order valence-corrected chi connectivity index (χ0v) is 21.2. The van der Waals surface area contributed by atoms with Crippen LogP contribution in [0.15, 0.2) is 0 Å². The molecule has 0 aliphatic carbocycles. The van der Waals surface area contributed by atoms with E-state index in [1.165, 1.54) is 90.4 Å². The largest absolute Gasteiger partial charge is 0.465 e. The molecule has 1 amide bonds. The lowest BCUT2D eigenvalue weighted by molar-refractivity contribution is -0.144. The van der Waals surface area contributed by atoms with Gasteiger partial charge in [0.25, 0.3) is 10.1 Å². The number of rotatable bonds is 22. The van der Waals surface area contributed by atoms with Crippen molar-refractivity contribution in [2.75, 3.05) is 13.2 Å². The third kappa shape index (κ3) is 18.4. The van der Waals surface area contributed by atoms with Gasteiger partial charge in [0.15, 0.2) is 5.25 Å². The van der Waals surface area contributed by atoms with Gasteiger partial charge >= 0.3 is 5.97 Å². The van der Waals surface area contributed by atoms with E-state index in [0.717, 1.165) is 19.3 Å². The molecule has 0 bridgehead atoms. The van der Waals surface area contributed by atoms with Crippen LogP contribution < -0.4 is 5.32 Å². The summed E-state index contributed by atoms with van der Waals surface area (Å²) in [6.07, 6.45) is 19.7. The molecule has 0 aliphatic rings. The van der Waals surface area contributed by atoms with Crippen molar-refractivity contribution in [3.8, 4) is 0 Å². The van der Waals surface area contributed by atoms with Crippen LogP contribution in [-0.2, 0) is 24.4 Å².